The molecule has 0 spiro atoms. The molecule has 2 aromatic carbocycles. The van der Waals surface area contributed by atoms with Gasteiger partial charge in [0.1, 0.15) is 18.8 Å². The minimum atomic E-state index is -0.420. The van der Waals surface area contributed by atoms with Gasteiger partial charge in [0, 0.05) is 11.1 Å². The molecule has 2 N–H and O–H groups in total. The van der Waals surface area contributed by atoms with Crippen LogP contribution in [-0.2, 0) is 13.2 Å². The Balaban J connectivity index is 1.83. The molecule has 0 aliphatic rings. The number of methoxy groups -OCH3 is 1. The lowest BCUT2D eigenvalue weighted by molar-refractivity contribution is 0.277. The Bertz CT molecular complexity index is 940. The third-order valence-corrected chi connectivity index (χ3v) is 4.34. The summed E-state index contributed by atoms with van der Waals surface area (Å²) in [4.78, 5) is 0. The molecule has 6 nitrogen and oxygen atoms in total. The largest absolute Gasteiger partial charge is 0.493 e. The number of ether oxygens (including phenoxy) is 2. The van der Waals surface area contributed by atoms with E-state index in [1.165, 1.54) is 12.4 Å². The highest BCUT2D eigenvalue weighted by molar-refractivity contribution is 7.71. The molecule has 0 radical (unpaired) electrons. The first-order chi connectivity index (χ1) is 12.6. The maximum Gasteiger partial charge on any atom is 0.214 e. The number of benzene rings is 2. The summed E-state index contributed by atoms with van der Waals surface area (Å²) in [6.45, 7) is 0.370. The third kappa shape index (κ3) is 3.97. The number of para-hydroxylation sites is 1. The normalized spacial score (nSPS) is 10.6. The van der Waals surface area contributed by atoms with Crippen molar-refractivity contribution in [1.29, 1.82) is 0 Å². The fraction of sp³-hybridized carbons (Fsp3) is 0.176. The number of aromatic amines is 1. The molecule has 136 valence electrons. The Hall–Kier alpha value is -2.58. The highest BCUT2D eigenvalue weighted by atomic mass is 35.5. The van der Waals surface area contributed by atoms with Crippen molar-refractivity contribution >= 4 is 23.8 Å². The summed E-state index contributed by atoms with van der Waals surface area (Å²) in [7, 11) is 1.54. The number of halogens is 2. The summed E-state index contributed by atoms with van der Waals surface area (Å²) >= 11 is 11.2. The molecule has 1 aromatic heterocycles. The molecule has 0 atom stereocenters. The molecule has 0 aliphatic heterocycles. The molecule has 0 bridgehead atoms. The topological polar surface area (TPSA) is 64.1 Å². The average molecular weight is 395 g/mol. The van der Waals surface area contributed by atoms with Gasteiger partial charge in [-0.2, -0.15) is 5.10 Å². The van der Waals surface area contributed by atoms with Gasteiger partial charge >= 0.3 is 0 Å². The van der Waals surface area contributed by atoms with Crippen LogP contribution in [0.3, 0.4) is 0 Å². The Labute approximate surface area is 159 Å². The van der Waals surface area contributed by atoms with Crippen LogP contribution in [0.15, 0.2) is 42.7 Å². The van der Waals surface area contributed by atoms with E-state index in [1.807, 2.05) is 12.1 Å². The molecule has 0 amide bonds. The van der Waals surface area contributed by atoms with Crippen LogP contribution in [0.2, 0.25) is 5.02 Å². The van der Waals surface area contributed by atoms with E-state index >= 15 is 0 Å². The molecule has 0 saturated heterocycles. The van der Waals surface area contributed by atoms with Gasteiger partial charge in [-0.1, -0.05) is 29.8 Å². The maximum absolute atomic E-state index is 14.0. The fourth-order valence-corrected chi connectivity index (χ4v) is 2.75. The first kappa shape index (κ1) is 18.2. The molecule has 0 fully saturated rings. The summed E-state index contributed by atoms with van der Waals surface area (Å²) in [6, 6.07) is 10.00. The van der Waals surface area contributed by atoms with Crippen molar-refractivity contribution in [2.24, 2.45) is 0 Å². The van der Waals surface area contributed by atoms with Gasteiger partial charge < -0.3 is 14.9 Å². The highest BCUT2D eigenvalue weighted by Crippen LogP contribution is 2.33. The Morgan fingerprint density at radius 3 is 2.81 bits per heavy atom. The molecule has 0 aliphatic carbocycles. The molecule has 0 saturated carbocycles. The van der Waals surface area contributed by atoms with Crippen molar-refractivity contribution in [3.05, 3.63) is 69.5 Å². The number of hydrogen-bond donors (Lipinski definition) is 2. The molecule has 3 aromatic rings. The number of rotatable bonds is 7. The fourth-order valence-electron chi connectivity index (χ4n) is 2.37. The van der Waals surface area contributed by atoms with Gasteiger partial charge in [0.2, 0.25) is 4.77 Å². The predicted molar refractivity (Wildman–Crippen MR) is 99.2 cm³/mol. The number of aromatic nitrogens is 3. The van der Waals surface area contributed by atoms with Crippen LogP contribution in [-0.4, -0.2) is 22.0 Å². The molecule has 3 rings (SSSR count). The summed E-state index contributed by atoms with van der Waals surface area (Å²) in [6.07, 6.45) is 1.53. The highest BCUT2D eigenvalue weighted by Gasteiger charge is 2.14. The van der Waals surface area contributed by atoms with Crippen molar-refractivity contribution in [2.75, 3.05) is 12.5 Å². The van der Waals surface area contributed by atoms with Gasteiger partial charge in [0.25, 0.3) is 0 Å². The first-order valence-electron chi connectivity index (χ1n) is 7.67. The molecular weight excluding hydrogens is 379 g/mol. The van der Waals surface area contributed by atoms with E-state index in [2.05, 4.69) is 15.6 Å². The van der Waals surface area contributed by atoms with E-state index in [9.17, 15) is 4.39 Å². The first-order valence-corrected chi connectivity index (χ1v) is 8.46. The van der Waals surface area contributed by atoms with E-state index < -0.39 is 5.82 Å². The van der Waals surface area contributed by atoms with E-state index in [-0.39, 0.29) is 12.2 Å². The number of nitrogens with zero attached hydrogens (tertiary/aromatic N) is 2. The summed E-state index contributed by atoms with van der Waals surface area (Å²) in [5.41, 5.74) is 4.20. The minimum Gasteiger partial charge on any atom is -0.493 e. The van der Waals surface area contributed by atoms with Crippen LogP contribution in [0.5, 0.6) is 11.5 Å². The van der Waals surface area contributed by atoms with Gasteiger partial charge in [-0.3, -0.25) is 5.10 Å². The second kappa shape index (κ2) is 8.20. The van der Waals surface area contributed by atoms with Gasteiger partial charge in [-0.15, -0.1) is 0 Å². The Kier molecular flexibility index (Phi) is 5.75. The standard InChI is InChI=1S/C17H16ClFN4O2S/c1-24-15-7-2-4-11(8-21-23-10-20-22-17(23)26)16(15)25-9-12-13(18)5-3-6-14(12)19/h2-7,10,21H,8-9H2,1H3,(H,22,26). The van der Waals surface area contributed by atoms with Crippen molar-refractivity contribution < 1.29 is 13.9 Å². The number of nitrogens with one attached hydrogen (secondary N) is 2. The van der Waals surface area contributed by atoms with Crippen LogP contribution in [0.4, 0.5) is 4.39 Å². The summed E-state index contributed by atoms with van der Waals surface area (Å²) < 4.78 is 27.2. The van der Waals surface area contributed by atoms with Gasteiger partial charge in [0.05, 0.1) is 18.7 Å². The lowest BCUT2D eigenvalue weighted by Crippen LogP contribution is -2.14. The summed E-state index contributed by atoms with van der Waals surface area (Å²) in [5.74, 6) is 0.612. The van der Waals surface area contributed by atoms with Crippen LogP contribution < -0.4 is 14.9 Å². The molecule has 1 heterocycles. The van der Waals surface area contributed by atoms with Gasteiger partial charge in [-0.05, 0) is 30.4 Å². The smallest absolute Gasteiger partial charge is 0.214 e. The van der Waals surface area contributed by atoms with Gasteiger partial charge in [-0.25, -0.2) is 9.07 Å². The van der Waals surface area contributed by atoms with E-state index in [0.717, 1.165) is 5.56 Å². The quantitative estimate of drug-likeness (QED) is 0.591. The lowest BCUT2D eigenvalue weighted by atomic mass is 10.1. The average Bonchev–Trinajstić information content (AvgIpc) is 3.04. The predicted octanol–water partition coefficient (Wildman–Crippen LogP) is 4.06. The lowest BCUT2D eigenvalue weighted by Gasteiger charge is -2.16. The molecule has 0 unspecified atom stereocenters. The van der Waals surface area contributed by atoms with Crippen molar-refractivity contribution in [3.8, 4) is 11.5 Å². The van der Waals surface area contributed by atoms with E-state index in [4.69, 9.17) is 33.3 Å². The number of H-pyrrole nitrogens is 1. The SMILES string of the molecule is COc1cccc(CNn2cn[nH]c2=S)c1OCc1c(F)cccc1Cl. The zero-order valence-electron chi connectivity index (χ0n) is 13.8. The molecule has 26 heavy (non-hydrogen) atoms. The van der Waals surface area contributed by atoms with Crippen LogP contribution in [0, 0.1) is 10.6 Å². The van der Waals surface area contributed by atoms with Crippen molar-refractivity contribution in [3.63, 3.8) is 0 Å². The maximum atomic E-state index is 14.0. The monoisotopic (exact) mass is 394 g/mol. The third-order valence-electron chi connectivity index (χ3n) is 3.69. The molecular formula is C17H16ClFN4O2S. The minimum absolute atomic E-state index is 0.0238. The van der Waals surface area contributed by atoms with Crippen molar-refractivity contribution in [2.45, 2.75) is 13.2 Å². The van der Waals surface area contributed by atoms with E-state index in [1.54, 1.807) is 30.0 Å². The van der Waals surface area contributed by atoms with E-state index in [0.29, 0.717) is 27.8 Å². The second-order valence-corrected chi connectivity index (χ2v) is 6.10. The Morgan fingerprint density at radius 2 is 2.12 bits per heavy atom. The zero-order chi connectivity index (χ0) is 18.5. The Morgan fingerprint density at radius 1 is 1.31 bits per heavy atom. The van der Waals surface area contributed by atoms with Crippen LogP contribution in [0.1, 0.15) is 11.1 Å². The molecule has 9 heteroatoms. The van der Waals surface area contributed by atoms with Crippen LogP contribution >= 0.6 is 23.8 Å². The van der Waals surface area contributed by atoms with Crippen molar-refractivity contribution in [1.82, 2.24) is 14.9 Å². The number of hydrogen-bond acceptors (Lipinski definition) is 5. The second-order valence-electron chi connectivity index (χ2n) is 5.30. The van der Waals surface area contributed by atoms with Crippen LogP contribution in [0.25, 0.3) is 0 Å². The summed E-state index contributed by atoms with van der Waals surface area (Å²) in [5, 5.41) is 6.81. The van der Waals surface area contributed by atoms with Gasteiger partial charge in [0.15, 0.2) is 11.5 Å². The zero-order valence-corrected chi connectivity index (χ0v) is 15.4.